The van der Waals surface area contributed by atoms with Crippen LogP contribution >= 0.6 is 11.8 Å². The molecule has 1 N–H and O–H groups in total. The van der Waals surface area contributed by atoms with Crippen molar-refractivity contribution in [3.63, 3.8) is 0 Å². The van der Waals surface area contributed by atoms with Crippen LogP contribution in [-0.2, 0) is 9.47 Å². The van der Waals surface area contributed by atoms with Gasteiger partial charge in [-0.2, -0.15) is 13.2 Å². The largest absolute Gasteiger partial charge is 0.441 e. The van der Waals surface area contributed by atoms with E-state index < -0.39 is 5.51 Å². The van der Waals surface area contributed by atoms with Crippen LogP contribution in [0.2, 0.25) is 0 Å². The molecule has 112 valence electrons. The Morgan fingerprint density at radius 3 is 2.63 bits per heavy atom. The van der Waals surface area contributed by atoms with Crippen LogP contribution in [0.4, 0.5) is 13.2 Å². The van der Waals surface area contributed by atoms with Crippen LogP contribution in [0, 0.1) is 0 Å². The highest BCUT2D eigenvalue weighted by atomic mass is 32.2. The molecule has 2 aliphatic heterocycles. The molecule has 1 unspecified atom stereocenters. The average molecular weight is 299 g/mol. The summed E-state index contributed by atoms with van der Waals surface area (Å²) in [5.74, 6) is 0.0664. The predicted molar refractivity (Wildman–Crippen MR) is 68.3 cm³/mol. The quantitative estimate of drug-likeness (QED) is 0.808. The number of ether oxygens (including phenoxy) is 2. The fourth-order valence-electron chi connectivity index (χ4n) is 2.72. The van der Waals surface area contributed by atoms with E-state index in [1.807, 2.05) is 0 Å². The fraction of sp³-hybridized carbons (Fsp3) is 1.00. The summed E-state index contributed by atoms with van der Waals surface area (Å²) in [6.07, 6.45) is 3.54. The summed E-state index contributed by atoms with van der Waals surface area (Å²) in [6, 6.07) is 0.265. The number of nitrogens with one attached hydrogen (secondary N) is 1. The molecule has 2 aliphatic rings. The molecule has 19 heavy (non-hydrogen) atoms. The van der Waals surface area contributed by atoms with Gasteiger partial charge in [0.25, 0.3) is 0 Å². The Labute approximate surface area is 115 Å². The number of alkyl halides is 3. The van der Waals surface area contributed by atoms with Gasteiger partial charge in [-0.25, -0.2) is 0 Å². The lowest BCUT2D eigenvalue weighted by molar-refractivity contribution is -0.140. The number of thioether (sulfide) groups is 1. The van der Waals surface area contributed by atoms with Gasteiger partial charge in [0.1, 0.15) is 0 Å². The zero-order valence-electron chi connectivity index (χ0n) is 10.8. The summed E-state index contributed by atoms with van der Waals surface area (Å²) in [5.41, 5.74) is -4.23. The first kappa shape index (κ1) is 15.4. The van der Waals surface area contributed by atoms with Crippen molar-refractivity contribution in [3.8, 4) is 0 Å². The first-order valence-electron chi connectivity index (χ1n) is 6.65. The maximum atomic E-state index is 12.0. The lowest BCUT2D eigenvalue weighted by Gasteiger charge is -2.43. The maximum Gasteiger partial charge on any atom is 0.441 e. The van der Waals surface area contributed by atoms with Crippen LogP contribution in [-0.4, -0.2) is 49.3 Å². The highest BCUT2D eigenvalue weighted by Crippen LogP contribution is 2.34. The van der Waals surface area contributed by atoms with Gasteiger partial charge in [-0.1, -0.05) is 0 Å². The molecule has 0 bridgehead atoms. The molecule has 2 rings (SSSR count). The molecule has 2 saturated heterocycles. The van der Waals surface area contributed by atoms with Gasteiger partial charge in [0.15, 0.2) is 0 Å². The molecule has 0 aromatic carbocycles. The van der Waals surface area contributed by atoms with Gasteiger partial charge in [-0.3, -0.25) is 0 Å². The Morgan fingerprint density at radius 2 is 1.95 bits per heavy atom. The zero-order chi connectivity index (χ0) is 13.8. The third-order valence-corrected chi connectivity index (χ3v) is 4.43. The van der Waals surface area contributed by atoms with Crippen LogP contribution in [0.25, 0.3) is 0 Å². The molecule has 0 aliphatic carbocycles. The summed E-state index contributed by atoms with van der Waals surface area (Å²) < 4.78 is 47.3. The first-order valence-corrected chi connectivity index (χ1v) is 7.63. The Morgan fingerprint density at radius 1 is 1.21 bits per heavy atom. The minimum absolute atomic E-state index is 0.0355. The molecular formula is C12H20F3NO2S. The van der Waals surface area contributed by atoms with Crippen molar-refractivity contribution in [3.05, 3.63) is 0 Å². The van der Waals surface area contributed by atoms with E-state index >= 15 is 0 Å². The van der Waals surface area contributed by atoms with Gasteiger partial charge in [0.2, 0.25) is 0 Å². The SMILES string of the molecule is FC(F)(F)SCCNC1CCOC2(CCOCC2)C1. The van der Waals surface area contributed by atoms with Gasteiger partial charge in [-0.15, -0.1) is 0 Å². The molecule has 0 aromatic heterocycles. The van der Waals surface area contributed by atoms with Crippen molar-refractivity contribution in [1.82, 2.24) is 5.32 Å². The Kier molecular flexibility index (Phi) is 5.39. The highest BCUT2D eigenvalue weighted by molar-refractivity contribution is 8.00. The lowest BCUT2D eigenvalue weighted by atomic mass is 9.84. The van der Waals surface area contributed by atoms with Crippen LogP contribution in [0.1, 0.15) is 25.7 Å². The Balaban J connectivity index is 1.69. The fourth-order valence-corrected chi connectivity index (χ4v) is 3.18. The third-order valence-electron chi connectivity index (χ3n) is 3.70. The minimum Gasteiger partial charge on any atom is -0.381 e. The summed E-state index contributed by atoms with van der Waals surface area (Å²) in [6.45, 7) is 2.51. The van der Waals surface area contributed by atoms with Crippen LogP contribution in [0.3, 0.4) is 0 Å². The average Bonchev–Trinajstić information content (AvgIpc) is 2.35. The van der Waals surface area contributed by atoms with E-state index in [1.54, 1.807) is 0 Å². The van der Waals surface area contributed by atoms with Crippen molar-refractivity contribution in [2.45, 2.75) is 42.8 Å². The van der Waals surface area contributed by atoms with Crippen molar-refractivity contribution in [1.29, 1.82) is 0 Å². The zero-order valence-corrected chi connectivity index (χ0v) is 11.6. The molecule has 0 amide bonds. The van der Waals surface area contributed by atoms with Gasteiger partial charge < -0.3 is 14.8 Å². The molecule has 3 nitrogen and oxygen atoms in total. The minimum atomic E-state index is -4.13. The molecule has 0 radical (unpaired) electrons. The van der Waals surface area contributed by atoms with Gasteiger partial charge in [-0.05, 0) is 37.4 Å². The second-order valence-electron chi connectivity index (χ2n) is 5.08. The monoisotopic (exact) mass is 299 g/mol. The van der Waals surface area contributed by atoms with Crippen LogP contribution in [0.5, 0.6) is 0 Å². The number of halogens is 3. The normalized spacial score (nSPS) is 27.6. The number of rotatable bonds is 4. The summed E-state index contributed by atoms with van der Waals surface area (Å²) in [5, 5.41) is 3.22. The Bertz CT molecular complexity index is 277. The van der Waals surface area contributed by atoms with Gasteiger partial charge in [0, 0.05) is 38.2 Å². The second kappa shape index (κ2) is 6.65. The smallest absolute Gasteiger partial charge is 0.381 e. The third kappa shape index (κ3) is 5.13. The van der Waals surface area contributed by atoms with E-state index in [4.69, 9.17) is 9.47 Å². The maximum absolute atomic E-state index is 12.0. The van der Waals surface area contributed by atoms with Crippen molar-refractivity contribution >= 4 is 11.8 Å². The molecule has 2 heterocycles. The van der Waals surface area contributed by atoms with E-state index in [-0.39, 0.29) is 29.2 Å². The molecular weight excluding hydrogens is 279 g/mol. The van der Waals surface area contributed by atoms with E-state index in [2.05, 4.69) is 5.32 Å². The van der Waals surface area contributed by atoms with Crippen LogP contribution < -0.4 is 5.32 Å². The van der Waals surface area contributed by atoms with Crippen molar-refractivity contribution in [2.75, 3.05) is 32.1 Å². The molecule has 1 spiro atoms. The number of hydrogen-bond acceptors (Lipinski definition) is 4. The topological polar surface area (TPSA) is 30.5 Å². The predicted octanol–water partition coefficient (Wildman–Crippen LogP) is 2.56. The second-order valence-corrected chi connectivity index (χ2v) is 6.24. The van der Waals surface area contributed by atoms with E-state index in [0.717, 1.165) is 38.9 Å². The highest BCUT2D eigenvalue weighted by Gasteiger charge is 2.38. The van der Waals surface area contributed by atoms with Gasteiger partial charge >= 0.3 is 5.51 Å². The molecule has 1 atom stereocenters. The Hall–Kier alpha value is 0.0200. The molecule has 0 saturated carbocycles. The molecule has 7 heteroatoms. The van der Waals surface area contributed by atoms with Crippen LogP contribution in [0.15, 0.2) is 0 Å². The van der Waals surface area contributed by atoms with Crippen molar-refractivity contribution < 1.29 is 22.6 Å². The van der Waals surface area contributed by atoms with E-state index in [9.17, 15) is 13.2 Å². The standard InChI is InChI=1S/C12H20F3NO2S/c13-12(14,15)19-8-4-16-10-1-5-18-11(9-10)2-6-17-7-3-11/h10,16H,1-9H2. The summed E-state index contributed by atoms with van der Waals surface area (Å²) in [4.78, 5) is 0. The lowest BCUT2D eigenvalue weighted by Crippen LogP contribution is -2.50. The first-order chi connectivity index (χ1) is 8.99. The summed E-state index contributed by atoms with van der Waals surface area (Å²) >= 11 is 0.0355. The summed E-state index contributed by atoms with van der Waals surface area (Å²) in [7, 11) is 0. The van der Waals surface area contributed by atoms with E-state index in [1.165, 1.54) is 0 Å². The van der Waals surface area contributed by atoms with Crippen molar-refractivity contribution in [2.24, 2.45) is 0 Å². The molecule has 0 aromatic rings. The molecule has 2 fully saturated rings. The van der Waals surface area contributed by atoms with Gasteiger partial charge in [0.05, 0.1) is 5.60 Å². The number of hydrogen-bond donors (Lipinski definition) is 1. The van der Waals surface area contributed by atoms with E-state index in [0.29, 0.717) is 13.2 Å².